The number of primary amides is 1. The minimum absolute atomic E-state index is 0.0456. The summed E-state index contributed by atoms with van der Waals surface area (Å²) in [5, 5.41) is 31.1. The molecule has 2 aliphatic rings. The smallest absolute Gasteiger partial charge is 0.303 e. The van der Waals surface area contributed by atoms with Crippen LogP contribution in [0.15, 0.2) is 84.9 Å². The minimum atomic E-state index is -1.23. The fourth-order valence-corrected chi connectivity index (χ4v) is 10.9. The zero-order valence-electron chi connectivity index (χ0n) is 50.3. The number of fused-ring (bicyclic) bond motifs is 29. The standard InChI is InChI=1S/C62H90N12O13S/c63-30-9-7-16-48-35-72(56(79)18-11-32-65)40-54(77)68-50(24-27-60(83)84)37-71(39-52(66)75)59(82)29-33-88-43-46-19-22-47(23-20-46)62(87)70-49(17-8-10-31-64)36-73(58(81)26-28-61(85)86)42-55(78)69-51(34-45-14-5-2-6-15-45)38-74(41-53(76)67-48)57(80)25-21-44-12-3-1-4-13-44/h1-6,12-15,19-20,22-23,48-51H,7-11,16-18,21,24-43,63-65H2,(H2,66,75)(H,67,76)(H,68,77)(H,69,78)(H,70,87)(H,83,84)(H,85,86)/t48-,49-,50-,51-/m0/s1. The SMILES string of the molecule is NCCCC[C@H]1CN(C(=O)CCCN)CC(=O)N[C@@H](CCC(=O)O)CN(CC(N)=O)C(=O)CCSCc2ccc(cc2)C(=O)N[C@@H](CCCCN)CN(C(=O)CCC(=O)O)CC(=O)N[C@@H](Cc2ccccc2)CN(C(=O)CCc2ccccc2)CC(=O)N1. The molecule has 0 fully saturated rings. The van der Waals surface area contributed by atoms with Gasteiger partial charge in [0.25, 0.3) is 5.91 Å². The Kier molecular flexibility index (Phi) is 33.4. The van der Waals surface area contributed by atoms with E-state index >= 15 is 0 Å². The molecule has 9 amide bonds. The van der Waals surface area contributed by atoms with Gasteiger partial charge in [0, 0.05) is 93.5 Å². The summed E-state index contributed by atoms with van der Waals surface area (Å²) in [6, 6.07) is 21.6. The number of rotatable bonds is 24. The molecular formula is C62H90N12O13S. The van der Waals surface area contributed by atoms with Gasteiger partial charge in [-0.3, -0.25) is 52.7 Å². The van der Waals surface area contributed by atoms with Crippen molar-refractivity contribution >= 4 is 76.9 Å². The first-order valence-corrected chi connectivity index (χ1v) is 31.3. The maximum absolute atomic E-state index is 14.6. The summed E-state index contributed by atoms with van der Waals surface area (Å²) in [5.41, 5.74) is 25.9. The predicted octanol–water partition coefficient (Wildman–Crippen LogP) is 1.28. The number of carbonyl (C=O) groups excluding carboxylic acids is 9. The molecule has 0 spiro atoms. The van der Waals surface area contributed by atoms with Crippen molar-refractivity contribution < 1.29 is 63.0 Å². The van der Waals surface area contributed by atoms with Gasteiger partial charge in [-0.05, 0) is 99.8 Å². The lowest BCUT2D eigenvalue weighted by Crippen LogP contribution is -2.55. The van der Waals surface area contributed by atoms with Crippen LogP contribution in [0.1, 0.15) is 117 Å². The van der Waals surface area contributed by atoms with Crippen LogP contribution in [0.25, 0.3) is 0 Å². The van der Waals surface area contributed by atoms with Gasteiger partial charge in [0.2, 0.25) is 47.3 Å². The number of nitrogens with zero attached hydrogens (tertiary/aromatic N) is 4. The van der Waals surface area contributed by atoms with Gasteiger partial charge in [-0.15, -0.1) is 0 Å². The Bertz CT molecular complexity index is 2730. The van der Waals surface area contributed by atoms with Gasteiger partial charge in [0.1, 0.15) is 0 Å². The molecule has 0 unspecified atom stereocenters. The van der Waals surface area contributed by atoms with Gasteiger partial charge in [-0.1, -0.05) is 85.6 Å². The van der Waals surface area contributed by atoms with Crippen LogP contribution in [0.3, 0.4) is 0 Å². The summed E-state index contributed by atoms with van der Waals surface area (Å²) in [4.78, 5) is 155. The van der Waals surface area contributed by atoms with Crippen molar-refractivity contribution in [1.82, 2.24) is 40.9 Å². The molecule has 14 N–H and O–H groups in total. The average Bonchev–Trinajstić information content (AvgIpc) is 3.69. The zero-order chi connectivity index (χ0) is 64.2. The third-order valence-corrected chi connectivity index (χ3v) is 15.6. The predicted molar refractivity (Wildman–Crippen MR) is 333 cm³/mol. The largest absolute Gasteiger partial charge is 0.481 e. The zero-order valence-corrected chi connectivity index (χ0v) is 51.1. The van der Waals surface area contributed by atoms with Gasteiger partial charge in [0.15, 0.2) is 0 Å². The fourth-order valence-electron chi connectivity index (χ4n) is 10.0. The van der Waals surface area contributed by atoms with Crippen molar-refractivity contribution in [2.45, 2.75) is 133 Å². The van der Waals surface area contributed by atoms with Crippen LogP contribution in [-0.2, 0) is 66.5 Å². The van der Waals surface area contributed by atoms with Crippen LogP contribution in [0.4, 0.5) is 0 Å². The normalized spacial score (nSPS) is 18.6. The van der Waals surface area contributed by atoms with E-state index in [4.69, 9.17) is 22.9 Å². The fraction of sp³-hybridized carbons (Fsp3) is 0.532. The molecule has 3 aromatic carbocycles. The molecule has 2 aliphatic heterocycles. The van der Waals surface area contributed by atoms with Crippen LogP contribution in [-0.4, -0.2) is 197 Å². The van der Waals surface area contributed by atoms with E-state index in [1.807, 2.05) is 48.5 Å². The average molecular weight is 1240 g/mol. The molecule has 482 valence electrons. The summed E-state index contributed by atoms with van der Waals surface area (Å²) < 4.78 is 0. The van der Waals surface area contributed by atoms with Crippen molar-refractivity contribution in [2.24, 2.45) is 22.9 Å². The number of carbonyl (C=O) groups is 11. The number of hydrogen-bond donors (Lipinski definition) is 10. The lowest BCUT2D eigenvalue weighted by molar-refractivity contribution is -0.142. The van der Waals surface area contributed by atoms with E-state index < -0.39 is 135 Å². The van der Waals surface area contributed by atoms with Crippen LogP contribution in [0, 0.1) is 0 Å². The van der Waals surface area contributed by atoms with Crippen molar-refractivity contribution in [1.29, 1.82) is 0 Å². The first-order valence-electron chi connectivity index (χ1n) is 30.1. The monoisotopic (exact) mass is 1240 g/mol. The second kappa shape index (κ2) is 40.5. The number of thioether (sulfide) groups is 1. The number of benzene rings is 3. The van der Waals surface area contributed by atoms with E-state index in [1.165, 1.54) is 26.5 Å². The number of unbranched alkanes of at least 4 members (excludes halogenated alkanes) is 2. The number of carboxylic acids is 2. The van der Waals surface area contributed by atoms with Crippen LogP contribution >= 0.6 is 11.8 Å². The summed E-state index contributed by atoms with van der Waals surface area (Å²) in [6.45, 7) is -2.28. The van der Waals surface area contributed by atoms with Gasteiger partial charge >= 0.3 is 11.9 Å². The second-order valence-electron chi connectivity index (χ2n) is 22.0. The Hall–Kier alpha value is -7.94. The first-order chi connectivity index (χ1) is 42.2. The Morgan fingerprint density at radius 3 is 1.51 bits per heavy atom. The molecule has 0 saturated carbocycles. The highest BCUT2D eigenvalue weighted by molar-refractivity contribution is 7.98. The number of aryl methyl sites for hydroxylation is 1. The Balaban J connectivity index is 1.83. The van der Waals surface area contributed by atoms with E-state index in [0.29, 0.717) is 57.4 Å². The maximum atomic E-state index is 14.6. The van der Waals surface area contributed by atoms with Crippen molar-refractivity contribution in [3.8, 4) is 0 Å². The lowest BCUT2D eigenvalue weighted by Gasteiger charge is -2.32. The number of nitrogens with two attached hydrogens (primary N) is 4. The molecule has 2 heterocycles. The topological polar surface area (TPSA) is 393 Å². The Labute approximate surface area is 519 Å². The molecule has 25 nitrogen and oxygen atoms in total. The van der Waals surface area contributed by atoms with Gasteiger partial charge < -0.3 is 74.0 Å². The quantitative estimate of drug-likeness (QED) is 0.0446. The summed E-state index contributed by atoms with van der Waals surface area (Å²) in [5.74, 6) is -7.19. The molecule has 3 aromatic rings. The van der Waals surface area contributed by atoms with Gasteiger partial charge in [-0.2, -0.15) is 11.8 Å². The summed E-state index contributed by atoms with van der Waals surface area (Å²) >= 11 is 1.39. The van der Waals surface area contributed by atoms with E-state index in [1.54, 1.807) is 36.4 Å². The Morgan fingerprint density at radius 2 is 0.989 bits per heavy atom. The van der Waals surface area contributed by atoms with Crippen LogP contribution in [0.5, 0.6) is 0 Å². The van der Waals surface area contributed by atoms with E-state index in [0.717, 1.165) is 21.6 Å². The molecule has 0 aliphatic carbocycles. The highest BCUT2D eigenvalue weighted by atomic mass is 32.2. The third kappa shape index (κ3) is 29.2. The van der Waals surface area contributed by atoms with Crippen molar-refractivity contribution in [3.05, 3.63) is 107 Å². The molecule has 0 saturated heterocycles. The number of hydrogen-bond acceptors (Lipinski definition) is 15. The highest BCUT2D eigenvalue weighted by Gasteiger charge is 2.30. The van der Waals surface area contributed by atoms with Crippen LogP contribution in [0.2, 0.25) is 0 Å². The van der Waals surface area contributed by atoms with Gasteiger partial charge in [0.05, 0.1) is 38.6 Å². The lowest BCUT2D eigenvalue weighted by atomic mass is 10.0. The number of aliphatic carboxylic acids is 2. The highest BCUT2D eigenvalue weighted by Crippen LogP contribution is 2.18. The van der Waals surface area contributed by atoms with Gasteiger partial charge in [-0.25, -0.2) is 0 Å². The van der Waals surface area contributed by atoms with Crippen molar-refractivity contribution in [3.63, 3.8) is 0 Å². The van der Waals surface area contributed by atoms with E-state index in [9.17, 15) is 63.0 Å². The number of carboxylic acid groups (broad SMARTS) is 2. The molecule has 0 radical (unpaired) electrons. The molecule has 88 heavy (non-hydrogen) atoms. The first kappa shape index (κ1) is 72.5. The van der Waals surface area contributed by atoms with Crippen LogP contribution < -0.4 is 44.2 Å². The molecule has 2 bridgehead atoms. The van der Waals surface area contributed by atoms with E-state index in [-0.39, 0.29) is 89.0 Å². The maximum Gasteiger partial charge on any atom is 0.303 e. The number of nitrogens with one attached hydrogen (secondary N) is 4. The Morgan fingerprint density at radius 1 is 0.511 bits per heavy atom. The molecule has 4 atom stereocenters. The third-order valence-electron chi connectivity index (χ3n) is 14.6. The van der Waals surface area contributed by atoms with Crippen molar-refractivity contribution in [2.75, 3.05) is 77.7 Å². The molecular weight excluding hydrogens is 1150 g/mol. The second-order valence-corrected chi connectivity index (χ2v) is 23.1. The molecule has 0 aromatic heterocycles. The molecule has 5 rings (SSSR count). The minimum Gasteiger partial charge on any atom is -0.481 e. The summed E-state index contributed by atoms with van der Waals surface area (Å²) in [6.07, 6.45) is 1.68. The van der Waals surface area contributed by atoms with E-state index in [2.05, 4.69) is 21.3 Å². The summed E-state index contributed by atoms with van der Waals surface area (Å²) in [7, 11) is 0. The number of amides is 9. The molecule has 26 heteroatoms.